The fourth-order valence-corrected chi connectivity index (χ4v) is 4.55. The lowest BCUT2D eigenvalue weighted by molar-refractivity contribution is 0.227. The van der Waals surface area contributed by atoms with Crippen LogP contribution in [-0.4, -0.2) is 11.7 Å². The molecule has 1 N–H and O–H groups in total. The largest absolute Gasteiger partial charge is 0.396 e. The summed E-state index contributed by atoms with van der Waals surface area (Å²) in [7, 11) is 0. The van der Waals surface area contributed by atoms with E-state index in [1.807, 2.05) is 0 Å². The molecule has 0 aliphatic heterocycles. The Morgan fingerprint density at radius 3 is 0.867 bits per heavy atom. The normalized spacial score (nSPS) is 12.5. The van der Waals surface area contributed by atoms with E-state index in [-0.39, 0.29) is 0 Å². The topological polar surface area (TPSA) is 20.2 Å². The standard InChI is InChI=1S/C29H60O/c1-3-4-5-6-7-8-9-10-11-12-13-14-15-16-17-18-19-20-21-22-23-24-25-26-27-29(2)28-30/h29-30H,3-28H2,1-2H3. The average molecular weight is 425 g/mol. The first-order valence-corrected chi connectivity index (χ1v) is 14.4. The van der Waals surface area contributed by atoms with E-state index in [1.165, 1.54) is 161 Å². The van der Waals surface area contributed by atoms with E-state index in [0.717, 1.165) is 0 Å². The Hall–Kier alpha value is -0.0400. The Kier molecular flexibility index (Phi) is 27.0. The van der Waals surface area contributed by atoms with E-state index in [0.29, 0.717) is 12.5 Å². The van der Waals surface area contributed by atoms with Crippen LogP contribution >= 0.6 is 0 Å². The number of unbranched alkanes of at least 4 members (excludes halogenated alkanes) is 23. The molecule has 0 amide bonds. The summed E-state index contributed by atoms with van der Waals surface area (Å²) >= 11 is 0. The highest BCUT2D eigenvalue weighted by molar-refractivity contribution is 4.53. The minimum Gasteiger partial charge on any atom is -0.396 e. The van der Waals surface area contributed by atoms with Crippen LogP contribution in [0.4, 0.5) is 0 Å². The molecule has 0 rings (SSSR count). The predicted molar refractivity (Wildman–Crippen MR) is 137 cm³/mol. The van der Waals surface area contributed by atoms with Crippen molar-refractivity contribution >= 4 is 0 Å². The smallest absolute Gasteiger partial charge is 0.0456 e. The van der Waals surface area contributed by atoms with Crippen LogP contribution in [0.5, 0.6) is 0 Å². The SMILES string of the molecule is CCCCCCCCCCCCCCCCCCCCCCCCCCC(C)CO. The summed E-state index contributed by atoms with van der Waals surface area (Å²) < 4.78 is 0. The molecule has 0 aromatic heterocycles. The maximum atomic E-state index is 9.02. The van der Waals surface area contributed by atoms with Gasteiger partial charge in [-0.05, 0) is 12.3 Å². The van der Waals surface area contributed by atoms with Gasteiger partial charge in [-0.3, -0.25) is 0 Å². The maximum absolute atomic E-state index is 9.02. The molecular weight excluding hydrogens is 364 g/mol. The van der Waals surface area contributed by atoms with Gasteiger partial charge >= 0.3 is 0 Å². The van der Waals surface area contributed by atoms with E-state index < -0.39 is 0 Å². The van der Waals surface area contributed by atoms with Gasteiger partial charge in [-0.1, -0.05) is 168 Å². The molecule has 182 valence electrons. The molecule has 0 aliphatic rings. The predicted octanol–water partition coefficient (Wildman–Crippen LogP) is 10.4. The molecule has 0 aromatic carbocycles. The van der Waals surface area contributed by atoms with Crippen molar-refractivity contribution in [2.45, 2.75) is 174 Å². The molecule has 1 heteroatoms. The molecule has 0 spiro atoms. The molecule has 0 bridgehead atoms. The molecule has 1 nitrogen and oxygen atoms in total. The number of hydrogen-bond acceptors (Lipinski definition) is 1. The number of aliphatic hydroxyl groups excluding tert-OH is 1. The van der Waals surface area contributed by atoms with Gasteiger partial charge in [0.1, 0.15) is 0 Å². The van der Waals surface area contributed by atoms with Crippen LogP contribution < -0.4 is 0 Å². The van der Waals surface area contributed by atoms with Crippen molar-refractivity contribution in [2.75, 3.05) is 6.61 Å². The molecular formula is C29H60O. The van der Waals surface area contributed by atoms with Crippen molar-refractivity contribution in [3.63, 3.8) is 0 Å². The van der Waals surface area contributed by atoms with Crippen LogP contribution in [0.1, 0.15) is 174 Å². The second kappa shape index (κ2) is 27.0. The van der Waals surface area contributed by atoms with Crippen molar-refractivity contribution in [2.24, 2.45) is 5.92 Å². The van der Waals surface area contributed by atoms with Crippen molar-refractivity contribution in [1.82, 2.24) is 0 Å². The van der Waals surface area contributed by atoms with Gasteiger partial charge in [0.2, 0.25) is 0 Å². The van der Waals surface area contributed by atoms with Crippen LogP contribution in [0.25, 0.3) is 0 Å². The van der Waals surface area contributed by atoms with Gasteiger partial charge in [-0.2, -0.15) is 0 Å². The van der Waals surface area contributed by atoms with Gasteiger partial charge < -0.3 is 5.11 Å². The van der Waals surface area contributed by atoms with E-state index in [4.69, 9.17) is 5.11 Å². The van der Waals surface area contributed by atoms with Crippen LogP contribution in [0.3, 0.4) is 0 Å². The Morgan fingerprint density at radius 2 is 0.633 bits per heavy atom. The summed E-state index contributed by atoms with van der Waals surface area (Å²) in [5.41, 5.74) is 0. The summed E-state index contributed by atoms with van der Waals surface area (Å²) in [4.78, 5) is 0. The summed E-state index contributed by atoms with van der Waals surface area (Å²) in [5, 5.41) is 9.02. The molecule has 0 aromatic rings. The molecule has 0 fully saturated rings. The number of hydrogen-bond donors (Lipinski definition) is 1. The second-order valence-corrected chi connectivity index (χ2v) is 10.2. The molecule has 0 radical (unpaired) electrons. The lowest BCUT2D eigenvalue weighted by atomic mass is 10.0. The highest BCUT2D eigenvalue weighted by Crippen LogP contribution is 2.16. The first kappa shape index (κ1) is 30.0. The monoisotopic (exact) mass is 424 g/mol. The van der Waals surface area contributed by atoms with Crippen LogP contribution in [0, 0.1) is 5.92 Å². The highest BCUT2D eigenvalue weighted by Gasteiger charge is 1.99. The lowest BCUT2D eigenvalue weighted by Gasteiger charge is -2.07. The third-order valence-electron chi connectivity index (χ3n) is 6.86. The van der Waals surface area contributed by atoms with Gasteiger partial charge in [-0.15, -0.1) is 0 Å². The van der Waals surface area contributed by atoms with Crippen molar-refractivity contribution < 1.29 is 5.11 Å². The van der Waals surface area contributed by atoms with Gasteiger partial charge in [0.15, 0.2) is 0 Å². The van der Waals surface area contributed by atoms with Crippen LogP contribution in [0.15, 0.2) is 0 Å². The first-order chi connectivity index (χ1) is 14.8. The van der Waals surface area contributed by atoms with Crippen LogP contribution in [0.2, 0.25) is 0 Å². The van der Waals surface area contributed by atoms with Gasteiger partial charge in [0, 0.05) is 6.61 Å². The van der Waals surface area contributed by atoms with E-state index in [2.05, 4.69) is 13.8 Å². The van der Waals surface area contributed by atoms with E-state index in [9.17, 15) is 0 Å². The zero-order valence-corrected chi connectivity index (χ0v) is 21.4. The first-order valence-electron chi connectivity index (χ1n) is 14.4. The van der Waals surface area contributed by atoms with Gasteiger partial charge in [0.25, 0.3) is 0 Å². The fraction of sp³-hybridized carbons (Fsp3) is 1.00. The van der Waals surface area contributed by atoms with Crippen LogP contribution in [-0.2, 0) is 0 Å². The van der Waals surface area contributed by atoms with E-state index in [1.54, 1.807) is 0 Å². The quantitative estimate of drug-likeness (QED) is 0.137. The lowest BCUT2D eigenvalue weighted by Crippen LogP contribution is -1.99. The fourth-order valence-electron chi connectivity index (χ4n) is 4.55. The van der Waals surface area contributed by atoms with Crippen molar-refractivity contribution in [1.29, 1.82) is 0 Å². The zero-order chi connectivity index (χ0) is 22.0. The molecule has 1 unspecified atom stereocenters. The summed E-state index contributed by atoms with van der Waals surface area (Å²) in [6.45, 7) is 4.81. The second-order valence-electron chi connectivity index (χ2n) is 10.2. The Bertz CT molecular complexity index is 288. The maximum Gasteiger partial charge on any atom is 0.0456 e. The van der Waals surface area contributed by atoms with Gasteiger partial charge in [0.05, 0.1) is 0 Å². The van der Waals surface area contributed by atoms with Gasteiger partial charge in [-0.25, -0.2) is 0 Å². The minimum absolute atomic E-state index is 0.360. The summed E-state index contributed by atoms with van der Waals surface area (Å²) in [6, 6.07) is 0. The highest BCUT2D eigenvalue weighted by atomic mass is 16.3. The third kappa shape index (κ3) is 26.0. The molecule has 0 saturated heterocycles. The molecule has 0 aliphatic carbocycles. The molecule has 30 heavy (non-hydrogen) atoms. The summed E-state index contributed by atoms with van der Waals surface area (Å²) in [6.07, 6.45) is 36.0. The van der Waals surface area contributed by atoms with Crippen molar-refractivity contribution in [3.05, 3.63) is 0 Å². The minimum atomic E-state index is 0.360. The number of rotatable bonds is 26. The molecule has 0 saturated carbocycles. The molecule has 1 atom stereocenters. The third-order valence-corrected chi connectivity index (χ3v) is 6.86. The average Bonchev–Trinajstić information content (AvgIpc) is 2.76. The Labute approximate surface area is 192 Å². The molecule has 0 heterocycles. The number of aliphatic hydroxyl groups is 1. The Balaban J connectivity index is 3.00. The van der Waals surface area contributed by atoms with Crippen molar-refractivity contribution in [3.8, 4) is 0 Å². The Morgan fingerprint density at radius 1 is 0.400 bits per heavy atom. The van der Waals surface area contributed by atoms with E-state index >= 15 is 0 Å². The zero-order valence-electron chi connectivity index (χ0n) is 21.4. The summed E-state index contributed by atoms with van der Waals surface area (Å²) in [5.74, 6) is 0.504.